The summed E-state index contributed by atoms with van der Waals surface area (Å²) in [7, 11) is 0. The predicted molar refractivity (Wildman–Crippen MR) is 73.2 cm³/mol. The summed E-state index contributed by atoms with van der Waals surface area (Å²) in [6.07, 6.45) is 4.76. The zero-order valence-electron chi connectivity index (χ0n) is 11.4. The SMILES string of the molecule is CC(N)CCC(=O)NCC(C)(C)c1ccncc1. The molecule has 1 aromatic heterocycles. The van der Waals surface area contributed by atoms with E-state index in [1.54, 1.807) is 12.4 Å². The maximum atomic E-state index is 11.6. The largest absolute Gasteiger partial charge is 0.355 e. The Balaban J connectivity index is 2.45. The Kier molecular flexibility index (Phi) is 5.28. The zero-order chi connectivity index (χ0) is 13.6. The van der Waals surface area contributed by atoms with Crippen LogP contribution in [0, 0.1) is 0 Å². The van der Waals surface area contributed by atoms with Crippen LogP contribution in [-0.2, 0) is 10.2 Å². The Morgan fingerprint density at radius 1 is 1.44 bits per heavy atom. The Bertz CT molecular complexity index is 374. The molecule has 4 heteroatoms. The lowest BCUT2D eigenvalue weighted by Gasteiger charge is -2.25. The summed E-state index contributed by atoms with van der Waals surface area (Å²) in [6, 6.07) is 4.03. The highest BCUT2D eigenvalue weighted by Crippen LogP contribution is 2.21. The third-order valence-corrected chi connectivity index (χ3v) is 3.02. The molecule has 1 amide bonds. The van der Waals surface area contributed by atoms with Gasteiger partial charge in [0.15, 0.2) is 0 Å². The first kappa shape index (κ1) is 14.6. The minimum Gasteiger partial charge on any atom is -0.355 e. The number of rotatable bonds is 6. The van der Waals surface area contributed by atoms with E-state index in [0.717, 1.165) is 6.42 Å². The number of pyridine rings is 1. The summed E-state index contributed by atoms with van der Waals surface area (Å²) < 4.78 is 0. The number of nitrogens with one attached hydrogen (secondary N) is 1. The van der Waals surface area contributed by atoms with Crippen LogP contribution in [0.4, 0.5) is 0 Å². The molecule has 1 aromatic rings. The molecule has 0 spiro atoms. The average Bonchev–Trinajstić information content (AvgIpc) is 2.35. The molecule has 18 heavy (non-hydrogen) atoms. The van der Waals surface area contributed by atoms with Crippen LogP contribution in [0.5, 0.6) is 0 Å². The van der Waals surface area contributed by atoms with Crippen LogP contribution in [0.3, 0.4) is 0 Å². The summed E-state index contributed by atoms with van der Waals surface area (Å²) in [6.45, 7) is 6.74. The lowest BCUT2D eigenvalue weighted by atomic mass is 9.85. The second kappa shape index (κ2) is 6.50. The maximum absolute atomic E-state index is 11.6. The summed E-state index contributed by atoms with van der Waals surface area (Å²) in [5.74, 6) is 0.0643. The number of amides is 1. The van der Waals surface area contributed by atoms with E-state index in [9.17, 15) is 4.79 Å². The fraction of sp³-hybridized carbons (Fsp3) is 0.571. The van der Waals surface area contributed by atoms with E-state index < -0.39 is 0 Å². The molecule has 4 nitrogen and oxygen atoms in total. The van der Waals surface area contributed by atoms with Crippen LogP contribution in [0.15, 0.2) is 24.5 Å². The van der Waals surface area contributed by atoms with Crippen molar-refractivity contribution in [3.63, 3.8) is 0 Å². The zero-order valence-corrected chi connectivity index (χ0v) is 11.4. The fourth-order valence-corrected chi connectivity index (χ4v) is 1.67. The summed E-state index contributed by atoms with van der Waals surface area (Å²) >= 11 is 0. The third kappa shape index (κ3) is 4.84. The molecule has 1 heterocycles. The highest BCUT2D eigenvalue weighted by Gasteiger charge is 2.21. The van der Waals surface area contributed by atoms with Crippen molar-refractivity contribution in [3.05, 3.63) is 30.1 Å². The van der Waals surface area contributed by atoms with Gasteiger partial charge in [-0.2, -0.15) is 0 Å². The molecule has 100 valence electrons. The number of aromatic nitrogens is 1. The van der Waals surface area contributed by atoms with Gasteiger partial charge in [-0.1, -0.05) is 13.8 Å². The Morgan fingerprint density at radius 3 is 2.61 bits per heavy atom. The third-order valence-electron chi connectivity index (χ3n) is 3.02. The molecule has 3 N–H and O–H groups in total. The summed E-state index contributed by atoms with van der Waals surface area (Å²) in [5.41, 5.74) is 6.71. The van der Waals surface area contributed by atoms with Gasteiger partial charge in [0.05, 0.1) is 0 Å². The van der Waals surface area contributed by atoms with Crippen molar-refractivity contribution in [2.24, 2.45) is 5.73 Å². The van der Waals surface area contributed by atoms with Crippen molar-refractivity contribution in [1.29, 1.82) is 0 Å². The number of hydrogen-bond acceptors (Lipinski definition) is 3. The Hall–Kier alpha value is -1.42. The fourth-order valence-electron chi connectivity index (χ4n) is 1.67. The Labute approximate surface area is 109 Å². The lowest BCUT2D eigenvalue weighted by Crippen LogP contribution is -2.37. The van der Waals surface area contributed by atoms with Crippen molar-refractivity contribution in [3.8, 4) is 0 Å². The van der Waals surface area contributed by atoms with Crippen LogP contribution in [-0.4, -0.2) is 23.5 Å². The molecule has 1 atom stereocenters. The van der Waals surface area contributed by atoms with Gasteiger partial charge in [-0.15, -0.1) is 0 Å². The molecule has 0 aliphatic carbocycles. The van der Waals surface area contributed by atoms with E-state index in [1.807, 2.05) is 19.1 Å². The van der Waals surface area contributed by atoms with Gasteiger partial charge in [-0.25, -0.2) is 0 Å². The van der Waals surface area contributed by atoms with E-state index in [-0.39, 0.29) is 17.4 Å². The number of nitrogens with zero attached hydrogens (tertiary/aromatic N) is 1. The molecule has 1 unspecified atom stereocenters. The van der Waals surface area contributed by atoms with Crippen molar-refractivity contribution >= 4 is 5.91 Å². The second-order valence-electron chi connectivity index (χ2n) is 5.41. The number of carbonyl (C=O) groups excluding carboxylic acids is 1. The van der Waals surface area contributed by atoms with Gasteiger partial charge in [0.1, 0.15) is 0 Å². The van der Waals surface area contributed by atoms with Gasteiger partial charge in [0.2, 0.25) is 5.91 Å². The Morgan fingerprint density at radius 2 is 2.06 bits per heavy atom. The van der Waals surface area contributed by atoms with Crippen LogP contribution in [0.25, 0.3) is 0 Å². The molecule has 0 radical (unpaired) electrons. The molecular formula is C14H23N3O. The lowest BCUT2D eigenvalue weighted by molar-refractivity contribution is -0.121. The van der Waals surface area contributed by atoms with E-state index in [0.29, 0.717) is 13.0 Å². The van der Waals surface area contributed by atoms with E-state index in [2.05, 4.69) is 24.1 Å². The predicted octanol–water partition coefficient (Wildman–Crippen LogP) is 1.60. The minimum absolute atomic E-state index is 0.0643. The van der Waals surface area contributed by atoms with Crippen LogP contribution < -0.4 is 11.1 Å². The van der Waals surface area contributed by atoms with Gasteiger partial charge in [-0.05, 0) is 31.0 Å². The van der Waals surface area contributed by atoms with Crippen molar-refractivity contribution in [2.45, 2.75) is 45.1 Å². The molecule has 0 aliphatic rings. The second-order valence-corrected chi connectivity index (χ2v) is 5.41. The van der Waals surface area contributed by atoms with Gasteiger partial charge in [0, 0.05) is 36.8 Å². The van der Waals surface area contributed by atoms with Gasteiger partial charge in [-0.3, -0.25) is 9.78 Å². The van der Waals surface area contributed by atoms with Crippen molar-refractivity contribution < 1.29 is 4.79 Å². The normalized spacial score (nSPS) is 13.1. The summed E-state index contributed by atoms with van der Waals surface area (Å²) in [5, 5.41) is 2.96. The topological polar surface area (TPSA) is 68.0 Å². The van der Waals surface area contributed by atoms with Crippen LogP contribution in [0.1, 0.15) is 39.2 Å². The van der Waals surface area contributed by atoms with Gasteiger partial charge in [0.25, 0.3) is 0 Å². The molecular weight excluding hydrogens is 226 g/mol. The average molecular weight is 249 g/mol. The van der Waals surface area contributed by atoms with Crippen molar-refractivity contribution in [1.82, 2.24) is 10.3 Å². The highest BCUT2D eigenvalue weighted by atomic mass is 16.1. The quantitative estimate of drug-likeness (QED) is 0.804. The first-order valence-corrected chi connectivity index (χ1v) is 6.34. The smallest absolute Gasteiger partial charge is 0.220 e. The van der Waals surface area contributed by atoms with E-state index in [4.69, 9.17) is 5.73 Å². The van der Waals surface area contributed by atoms with Crippen LogP contribution in [0.2, 0.25) is 0 Å². The van der Waals surface area contributed by atoms with Gasteiger partial charge < -0.3 is 11.1 Å². The number of hydrogen-bond donors (Lipinski definition) is 2. The molecule has 0 fully saturated rings. The molecule has 0 aliphatic heterocycles. The van der Waals surface area contributed by atoms with E-state index >= 15 is 0 Å². The number of nitrogens with two attached hydrogens (primary N) is 1. The maximum Gasteiger partial charge on any atom is 0.220 e. The highest BCUT2D eigenvalue weighted by molar-refractivity contribution is 5.76. The van der Waals surface area contributed by atoms with Gasteiger partial charge >= 0.3 is 0 Å². The van der Waals surface area contributed by atoms with Crippen molar-refractivity contribution in [2.75, 3.05) is 6.54 Å². The number of carbonyl (C=O) groups is 1. The standard InChI is InChI=1S/C14H23N3O/c1-11(15)4-5-13(18)17-10-14(2,3)12-6-8-16-9-7-12/h6-9,11H,4-5,10,15H2,1-3H3,(H,17,18). The first-order valence-electron chi connectivity index (χ1n) is 6.34. The molecule has 1 rings (SSSR count). The molecule has 0 saturated heterocycles. The summed E-state index contributed by atoms with van der Waals surface area (Å²) in [4.78, 5) is 15.6. The molecule has 0 saturated carbocycles. The first-order chi connectivity index (χ1) is 8.42. The van der Waals surface area contributed by atoms with Crippen LogP contribution >= 0.6 is 0 Å². The van der Waals surface area contributed by atoms with E-state index in [1.165, 1.54) is 5.56 Å². The molecule has 0 bridgehead atoms. The molecule has 0 aromatic carbocycles. The monoisotopic (exact) mass is 249 g/mol. The minimum atomic E-state index is -0.0903.